The van der Waals surface area contributed by atoms with E-state index in [1.165, 1.54) is 38.5 Å². The van der Waals surface area contributed by atoms with Gasteiger partial charge in [0.15, 0.2) is 0 Å². The van der Waals surface area contributed by atoms with E-state index in [2.05, 4.69) is 0 Å². The Morgan fingerprint density at radius 1 is 1.29 bits per heavy atom. The molecule has 1 aliphatic carbocycles. The number of nitriles is 1. The topological polar surface area (TPSA) is 50.1 Å². The Kier molecular flexibility index (Phi) is 5.06. The highest BCUT2D eigenvalue weighted by Gasteiger charge is 2.14. The van der Waals surface area contributed by atoms with Crippen molar-refractivity contribution in [1.82, 2.24) is 0 Å². The molecule has 0 radical (unpaired) electrons. The minimum atomic E-state index is -0.378. The SMILES string of the molecule is N#CCC(=O)OCC1CCCCCC1. The third kappa shape index (κ3) is 4.27. The zero-order valence-corrected chi connectivity index (χ0v) is 8.50. The summed E-state index contributed by atoms with van der Waals surface area (Å²) >= 11 is 0. The van der Waals surface area contributed by atoms with Gasteiger partial charge in [-0.05, 0) is 18.8 Å². The maximum absolute atomic E-state index is 10.9. The van der Waals surface area contributed by atoms with Crippen LogP contribution in [0.15, 0.2) is 0 Å². The van der Waals surface area contributed by atoms with Gasteiger partial charge in [-0.15, -0.1) is 0 Å². The molecule has 1 fully saturated rings. The molecule has 0 aliphatic heterocycles. The monoisotopic (exact) mass is 195 g/mol. The summed E-state index contributed by atoms with van der Waals surface area (Å²) in [5.41, 5.74) is 0. The molecule has 0 heterocycles. The average Bonchev–Trinajstić information content (AvgIpc) is 2.43. The van der Waals surface area contributed by atoms with Gasteiger partial charge < -0.3 is 4.74 Å². The third-order valence-electron chi connectivity index (χ3n) is 2.68. The summed E-state index contributed by atoms with van der Waals surface area (Å²) in [6.45, 7) is 0.514. The molecule has 0 spiro atoms. The summed E-state index contributed by atoms with van der Waals surface area (Å²) in [5, 5.41) is 8.27. The van der Waals surface area contributed by atoms with Crippen LogP contribution in [0, 0.1) is 17.2 Å². The fourth-order valence-electron chi connectivity index (χ4n) is 1.86. The molecule has 3 nitrogen and oxygen atoms in total. The molecule has 1 aliphatic rings. The maximum atomic E-state index is 10.9. The molecular formula is C11H17NO2. The fourth-order valence-corrected chi connectivity index (χ4v) is 1.86. The molecule has 0 bridgehead atoms. The number of hydrogen-bond donors (Lipinski definition) is 0. The van der Waals surface area contributed by atoms with E-state index in [4.69, 9.17) is 10.00 Å². The van der Waals surface area contributed by atoms with Crippen molar-refractivity contribution in [3.05, 3.63) is 0 Å². The summed E-state index contributed by atoms with van der Waals surface area (Å²) in [6.07, 6.45) is 7.33. The first-order valence-corrected chi connectivity index (χ1v) is 5.35. The lowest BCUT2D eigenvalue weighted by Gasteiger charge is -2.13. The van der Waals surface area contributed by atoms with Crippen LogP contribution in [0.2, 0.25) is 0 Å². The van der Waals surface area contributed by atoms with Crippen molar-refractivity contribution in [3.63, 3.8) is 0 Å². The molecule has 1 rings (SSSR count). The van der Waals surface area contributed by atoms with Crippen LogP contribution in [-0.2, 0) is 9.53 Å². The lowest BCUT2D eigenvalue weighted by atomic mass is 10.0. The predicted octanol–water partition coefficient (Wildman–Crippen LogP) is 2.41. The van der Waals surface area contributed by atoms with Gasteiger partial charge in [0.2, 0.25) is 0 Å². The van der Waals surface area contributed by atoms with Crippen LogP contribution >= 0.6 is 0 Å². The minimum Gasteiger partial charge on any atom is -0.465 e. The largest absolute Gasteiger partial charge is 0.465 e. The number of esters is 1. The second kappa shape index (κ2) is 6.42. The molecule has 0 amide bonds. The summed E-state index contributed by atoms with van der Waals surface area (Å²) in [4.78, 5) is 10.9. The van der Waals surface area contributed by atoms with Crippen LogP contribution in [0.25, 0.3) is 0 Å². The van der Waals surface area contributed by atoms with Gasteiger partial charge in [-0.3, -0.25) is 4.79 Å². The minimum absolute atomic E-state index is 0.118. The van der Waals surface area contributed by atoms with Gasteiger partial charge >= 0.3 is 5.97 Å². The first-order valence-electron chi connectivity index (χ1n) is 5.35. The summed E-state index contributed by atoms with van der Waals surface area (Å²) in [6, 6.07) is 1.79. The normalized spacial score (nSPS) is 18.2. The van der Waals surface area contributed by atoms with Crippen LogP contribution in [0.5, 0.6) is 0 Å². The second-order valence-electron chi connectivity index (χ2n) is 3.88. The smallest absolute Gasteiger partial charge is 0.320 e. The van der Waals surface area contributed by atoms with E-state index in [-0.39, 0.29) is 12.4 Å². The second-order valence-corrected chi connectivity index (χ2v) is 3.88. The summed E-state index contributed by atoms with van der Waals surface area (Å²) < 4.78 is 5.02. The molecule has 0 atom stereocenters. The van der Waals surface area contributed by atoms with Gasteiger partial charge in [-0.25, -0.2) is 0 Å². The van der Waals surface area contributed by atoms with E-state index in [9.17, 15) is 4.79 Å². The number of hydrogen-bond acceptors (Lipinski definition) is 3. The average molecular weight is 195 g/mol. The molecule has 0 aromatic heterocycles. The molecule has 0 saturated heterocycles. The van der Waals surface area contributed by atoms with Crippen molar-refractivity contribution < 1.29 is 9.53 Å². The molecule has 0 aromatic rings. The first kappa shape index (κ1) is 11.0. The van der Waals surface area contributed by atoms with Crippen LogP contribution in [0.4, 0.5) is 0 Å². The maximum Gasteiger partial charge on any atom is 0.320 e. The highest BCUT2D eigenvalue weighted by molar-refractivity contribution is 5.71. The molecule has 14 heavy (non-hydrogen) atoms. The van der Waals surface area contributed by atoms with Crippen molar-refractivity contribution in [2.24, 2.45) is 5.92 Å². The Labute approximate surface area is 85.1 Å². The molecule has 0 unspecified atom stereocenters. The molecule has 0 aromatic carbocycles. The molecule has 3 heteroatoms. The van der Waals surface area contributed by atoms with Crippen molar-refractivity contribution in [2.75, 3.05) is 6.61 Å². The van der Waals surface area contributed by atoms with Gasteiger partial charge in [0.25, 0.3) is 0 Å². The Balaban J connectivity index is 2.16. The quantitative estimate of drug-likeness (QED) is 0.513. The molecular weight excluding hydrogens is 178 g/mol. The zero-order chi connectivity index (χ0) is 10.2. The van der Waals surface area contributed by atoms with Crippen molar-refractivity contribution in [1.29, 1.82) is 5.26 Å². The van der Waals surface area contributed by atoms with Gasteiger partial charge in [0.1, 0.15) is 6.42 Å². The molecule has 1 saturated carbocycles. The standard InChI is InChI=1S/C11H17NO2/c12-8-7-11(13)14-9-10-5-3-1-2-4-6-10/h10H,1-7,9H2. The lowest BCUT2D eigenvalue weighted by Crippen LogP contribution is -2.13. The predicted molar refractivity (Wildman–Crippen MR) is 52.4 cm³/mol. The van der Waals surface area contributed by atoms with E-state index < -0.39 is 0 Å². The van der Waals surface area contributed by atoms with Crippen molar-refractivity contribution >= 4 is 5.97 Å². The van der Waals surface area contributed by atoms with Gasteiger partial charge in [0, 0.05) is 0 Å². The highest BCUT2D eigenvalue weighted by atomic mass is 16.5. The lowest BCUT2D eigenvalue weighted by molar-refractivity contribution is -0.143. The highest BCUT2D eigenvalue weighted by Crippen LogP contribution is 2.22. The number of carbonyl (C=O) groups excluding carboxylic acids is 1. The number of nitrogens with zero attached hydrogens (tertiary/aromatic N) is 1. The third-order valence-corrected chi connectivity index (χ3v) is 2.68. The van der Waals surface area contributed by atoms with E-state index in [1.54, 1.807) is 6.07 Å². The van der Waals surface area contributed by atoms with Gasteiger partial charge in [0.05, 0.1) is 12.7 Å². The molecule has 0 N–H and O–H groups in total. The molecule has 78 valence electrons. The summed E-state index contributed by atoms with van der Waals surface area (Å²) in [7, 11) is 0. The summed E-state index contributed by atoms with van der Waals surface area (Å²) in [5.74, 6) is 0.150. The first-order chi connectivity index (χ1) is 6.83. The van der Waals surface area contributed by atoms with Gasteiger partial charge in [-0.1, -0.05) is 25.7 Å². The fraction of sp³-hybridized carbons (Fsp3) is 0.818. The van der Waals surface area contributed by atoms with Crippen molar-refractivity contribution in [3.8, 4) is 6.07 Å². The van der Waals surface area contributed by atoms with Crippen LogP contribution in [0.3, 0.4) is 0 Å². The Bertz CT molecular complexity index is 212. The van der Waals surface area contributed by atoms with E-state index in [0.717, 1.165) is 0 Å². The van der Waals surface area contributed by atoms with E-state index >= 15 is 0 Å². The number of ether oxygens (including phenoxy) is 1. The van der Waals surface area contributed by atoms with Crippen molar-refractivity contribution in [2.45, 2.75) is 44.9 Å². The Morgan fingerprint density at radius 2 is 1.93 bits per heavy atom. The van der Waals surface area contributed by atoms with Crippen LogP contribution < -0.4 is 0 Å². The number of rotatable bonds is 3. The van der Waals surface area contributed by atoms with E-state index in [1.807, 2.05) is 0 Å². The number of carbonyl (C=O) groups is 1. The zero-order valence-electron chi connectivity index (χ0n) is 8.50. The Morgan fingerprint density at radius 3 is 2.50 bits per heavy atom. The van der Waals surface area contributed by atoms with E-state index in [0.29, 0.717) is 12.5 Å². The van der Waals surface area contributed by atoms with Crippen LogP contribution in [0.1, 0.15) is 44.9 Å². The van der Waals surface area contributed by atoms with Gasteiger partial charge in [-0.2, -0.15) is 5.26 Å². The Hall–Kier alpha value is -1.04. The van der Waals surface area contributed by atoms with Crippen LogP contribution in [-0.4, -0.2) is 12.6 Å².